The van der Waals surface area contributed by atoms with Crippen LogP contribution >= 0.6 is 24.0 Å². The van der Waals surface area contributed by atoms with Crippen molar-refractivity contribution in [3.8, 4) is 0 Å². The summed E-state index contributed by atoms with van der Waals surface area (Å²) in [5.41, 5.74) is 1.08. The fourth-order valence-electron chi connectivity index (χ4n) is 3.46. The number of rotatable bonds is 5. The van der Waals surface area contributed by atoms with Gasteiger partial charge in [-0.2, -0.15) is 0 Å². The van der Waals surface area contributed by atoms with E-state index in [4.69, 9.17) is 21.1 Å². The largest absolute Gasteiger partial charge is 0.381 e. The first-order valence-electron chi connectivity index (χ1n) is 8.60. The van der Waals surface area contributed by atoms with E-state index in [0.29, 0.717) is 32.8 Å². The van der Waals surface area contributed by atoms with Crippen LogP contribution in [0, 0.1) is 0 Å². The maximum atomic E-state index is 12.3. The van der Waals surface area contributed by atoms with E-state index in [2.05, 4.69) is 16.7 Å². The minimum atomic E-state index is -0.102. The standard InChI is InChI=1S/C18H25ClN2O3.ClH/c19-15-3-1-2-14(10-15)18(4-7-23-8-5-18)13-21-17(22)11-16-12-24-9-6-20-16;/h1-3,10,16,20H,4-9,11-13H2,(H,21,22);1H. The van der Waals surface area contributed by atoms with Crippen LogP contribution in [-0.2, 0) is 19.7 Å². The SMILES string of the molecule is Cl.O=C(CC1COCCN1)NCC1(c2cccc(Cl)c2)CCOCC1. The Morgan fingerprint density at radius 1 is 1.28 bits per heavy atom. The van der Waals surface area contributed by atoms with Gasteiger partial charge >= 0.3 is 0 Å². The number of benzene rings is 1. The highest BCUT2D eigenvalue weighted by Gasteiger charge is 2.35. The predicted octanol–water partition coefficient (Wildman–Crippen LogP) is 2.30. The molecule has 0 bridgehead atoms. The van der Waals surface area contributed by atoms with E-state index in [1.54, 1.807) is 0 Å². The van der Waals surface area contributed by atoms with E-state index >= 15 is 0 Å². The van der Waals surface area contributed by atoms with E-state index in [0.717, 1.165) is 31.0 Å². The zero-order chi connectivity index (χ0) is 16.8. The number of hydrogen-bond acceptors (Lipinski definition) is 4. The Bertz CT molecular complexity index is 559. The average molecular weight is 389 g/mol. The third-order valence-corrected chi connectivity index (χ3v) is 5.18. The second-order valence-electron chi connectivity index (χ2n) is 6.61. The van der Waals surface area contributed by atoms with Crippen LogP contribution < -0.4 is 10.6 Å². The van der Waals surface area contributed by atoms with Crippen LogP contribution in [-0.4, -0.2) is 51.5 Å². The molecule has 0 aliphatic carbocycles. The maximum absolute atomic E-state index is 12.3. The summed E-state index contributed by atoms with van der Waals surface area (Å²) in [6, 6.07) is 8.07. The Morgan fingerprint density at radius 3 is 2.76 bits per heavy atom. The average Bonchev–Trinajstić information content (AvgIpc) is 2.62. The van der Waals surface area contributed by atoms with Gasteiger partial charge in [-0.25, -0.2) is 0 Å². The van der Waals surface area contributed by atoms with Crippen molar-refractivity contribution in [3.63, 3.8) is 0 Å². The fourth-order valence-corrected chi connectivity index (χ4v) is 3.65. The van der Waals surface area contributed by atoms with Gasteiger partial charge in [0.05, 0.1) is 13.2 Å². The van der Waals surface area contributed by atoms with Gasteiger partial charge in [0.15, 0.2) is 0 Å². The third kappa shape index (κ3) is 5.56. The Kier molecular flexibility index (Phi) is 7.97. The van der Waals surface area contributed by atoms with Crippen molar-refractivity contribution in [1.82, 2.24) is 10.6 Å². The molecular weight excluding hydrogens is 363 g/mol. The van der Waals surface area contributed by atoms with E-state index in [1.807, 2.05) is 18.2 Å². The van der Waals surface area contributed by atoms with E-state index in [-0.39, 0.29) is 29.8 Å². The molecule has 7 heteroatoms. The molecule has 25 heavy (non-hydrogen) atoms. The van der Waals surface area contributed by atoms with Crippen molar-refractivity contribution in [2.24, 2.45) is 0 Å². The summed E-state index contributed by atoms with van der Waals surface area (Å²) >= 11 is 6.18. The van der Waals surface area contributed by atoms with Crippen LogP contribution in [0.2, 0.25) is 5.02 Å². The lowest BCUT2D eigenvalue weighted by Gasteiger charge is -2.38. The molecule has 2 heterocycles. The number of carbonyl (C=O) groups is 1. The van der Waals surface area contributed by atoms with Crippen molar-refractivity contribution in [3.05, 3.63) is 34.9 Å². The predicted molar refractivity (Wildman–Crippen MR) is 101 cm³/mol. The molecule has 1 atom stereocenters. The number of hydrogen-bond donors (Lipinski definition) is 2. The van der Waals surface area contributed by atoms with Crippen molar-refractivity contribution in [2.75, 3.05) is 39.5 Å². The minimum Gasteiger partial charge on any atom is -0.381 e. The Hall–Kier alpha value is -0.850. The van der Waals surface area contributed by atoms with Crippen molar-refractivity contribution in [1.29, 1.82) is 0 Å². The van der Waals surface area contributed by atoms with Gasteiger partial charge in [0.25, 0.3) is 0 Å². The monoisotopic (exact) mass is 388 g/mol. The van der Waals surface area contributed by atoms with Crippen LogP contribution in [0.4, 0.5) is 0 Å². The van der Waals surface area contributed by atoms with Gasteiger partial charge in [0.2, 0.25) is 5.91 Å². The van der Waals surface area contributed by atoms with Gasteiger partial charge in [-0.3, -0.25) is 4.79 Å². The summed E-state index contributed by atoms with van der Waals surface area (Å²) in [5.74, 6) is 0.0610. The summed E-state index contributed by atoms with van der Waals surface area (Å²) in [5, 5.41) is 7.17. The van der Waals surface area contributed by atoms with Gasteiger partial charge in [-0.05, 0) is 30.5 Å². The molecule has 2 saturated heterocycles. The molecular formula is C18H26Cl2N2O3. The molecule has 1 amide bonds. The topological polar surface area (TPSA) is 59.6 Å². The second-order valence-corrected chi connectivity index (χ2v) is 7.05. The van der Waals surface area contributed by atoms with E-state index in [9.17, 15) is 4.79 Å². The molecule has 1 aromatic carbocycles. The first-order chi connectivity index (χ1) is 11.7. The van der Waals surface area contributed by atoms with Gasteiger partial charge in [0.1, 0.15) is 0 Å². The van der Waals surface area contributed by atoms with E-state index in [1.165, 1.54) is 5.56 Å². The molecule has 2 fully saturated rings. The van der Waals surface area contributed by atoms with Crippen molar-refractivity contribution < 1.29 is 14.3 Å². The van der Waals surface area contributed by atoms with Crippen molar-refractivity contribution >= 4 is 29.9 Å². The van der Waals surface area contributed by atoms with E-state index < -0.39 is 0 Å². The zero-order valence-electron chi connectivity index (χ0n) is 14.3. The summed E-state index contributed by atoms with van der Waals surface area (Å²) < 4.78 is 10.9. The first kappa shape index (κ1) is 20.5. The molecule has 0 spiro atoms. The quantitative estimate of drug-likeness (QED) is 0.812. The molecule has 2 aliphatic rings. The number of morpholine rings is 1. The molecule has 3 rings (SSSR count). The summed E-state index contributed by atoms with van der Waals surface area (Å²) in [6.45, 7) is 4.16. The zero-order valence-corrected chi connectivity index (χ0v) is 15.8. The smallest absolute Gasteiger partial charge is 0.221 e. The first-order valence-corrected chi connectivity index (χ1v) is 8.97. The van der Waals surface area contributed by atoms with Crippen LogP contribution in [0.1, 0.15) is 24.8 Å². The normalized spacial score (nSPS) is 22.7. The molecule has 1 unspecified atom stereocenters. The highest BCUT2D eigenvalue weighted by Crippen LogP contribution is 2.35. The lowest BCUT2D eigenvalue weighted by Crippen LogP contribution is -2.48. The second kappa shape index (κ2) is 9.74. The molecule has 1 aromatic rings. The highest BCUT2D eigenvalue weighted by atomic mass is 35.5. The number of nitrogens with one attached hydrogen (secondary N) is 2. The Balaban J connectivity index is 0.00000225. The van der Waals surface area contributed by atoms with Gasteiger partial charge in [0, 0.05) is 49.2 Å². The molecule has 2 N–H and O–H groups in total. The lowest BCUT2D eigenvalue weighted by atomic mass is 9.74. The molecule has 5 nitrogen and oxygen atoms in total. The molecule has 0 radical (unpaired) electrons. The molecule has 0 saturated carbocycles. The van der Waals surface area contributed by atoms with Gasteiger partial charge in [-0.15, -0.1) is 12.4 Å². The van der Waals surface area contributed by atoms with Crippen LogP contribution in [0.3, 0.4) is 0 Å². The van der Waals surface area contributed by atoms with Crippen LogP contribution in [0.5, 0.6) is 0 Å². The molecule has 0 aromatic heterocycles. The Morgan fingerprint density at radius 2 is 2.08 bits per heavy atom. The number of carbonyl (C=O) groups excluding carboxylic acids is 1. The lowest BCUT2D eigenvalue weighted by molar-refractivity contribution is -0.122. The highest BCUT2D eigenvalue weighted by molar-refractivity contribution is 6.30. The summed E-state index contributed by atoms with van der Waals surface area (Å²) in [7, 11) is 0. The number of halogens is 2. The van der Waals surface area contributed by atoms with Crippen LogP contribution in [0.15, 0.2) is 24.3 Å². The third-order valence-electron chi connectivity index (χ3n) is 4.94. The molecule has 140 valence electrons. The molecule has 2 aliphatic heterocycles. The van der Waals surface area contributed by atoms with Crippen molar-refractivity contribution in [2.45, 2.75) is 30.7 Å². The number of ether oxygens (including phenoxy) is 2. The number of amides is 1. The summed E-state index contributed by atoms with van der Waals surface area (Å²) in [6.07, 6.45) is 2.22. The fraction of sp³-hybridized carbons (Fsp3) is 0.611. The summed E-state index contributed by atoms with van der Waals surface area (Å²) in [4.78, 5) is 12.3. The van der Waals surface area contributed by atoms with Gasteiger partial charge in [-0.1, -0.05) is 23.7 Å². The maximum Gasteiger partial charge on any atom is 0.221 e. The van der Waals surface area contributed by atoms with Gasteiger partial charge < -0.3 is 20.1 Å². The minimum absolute atomic E-state index is 0. The Labute approximate surface area is 160 Å². The van der Waals surface area contributed by atoms with Crippen LogP contribution in [0.25, 0.3) is 0 Å².